The third-order valence-electron chi connectivity index (χ3n) is 5.66. The Hall–Kier alpha value is -3.59. The van der Waals surface area contributed by atoms with E-state index in [0.717, 1.165) is 33.8 Å². The number of nitrogens with one attached hydrogen (secondary N) is 1. The van der Waals surface area contributed by atoms with Crippen molar-refractivity contribution in [2.24, 2.45) is 10.2 Å². The quantitative estimate of drug-likeness (QED) is 0.226. The van der Waals surface area contributed by atoms with Crippen molar-refractivity contribution < 1.29 is 9.53 Å². The molecule has 2 heterocycles. The molecule has 4 aromatic rings. The van der Waals surface area contributed by atoms with Crippen LogP contribution in [0.2, 0.25) is 10.0 Å². The Balaban J connectivity index is 1.38. The van der Waals surface area contributed by atoms with Crippen LogP contribution in [-0.2, 0) is 11.2 Å². The van der Waals surface area contributed by atoms with Crippen molar-refractivity contribution >= 4 is 52.3 Å². The molecular formula is C27H21Cl2N5O2S. The molecule has 186 valence electrons. The third-order valence-corrected chi connectivity index (χ3v) is 7.34. The number of carbonyl (C=O) groups excluding carboxylic acids is 1. The molecule has 0 aliphatic carbocycles. The number of nitrogens with zero attached hydrogens (tertiary/aromatic N) is 4. The fraction of sp³-hybridized carbons (Fsp3) is 0.111. The van der Waals surface area contributed by atoms with E-state index in [-0.39, 0.29) is 11.2 Å². The third kappa shape index (κ3) is 5.88. The summed E-state index contributed by atoms with van der Waals surface area (Å²) >= 11 is 13.7. The first kappa shape index (κ1) is 25.1. The zero-order chi connectivity index (χ0) is 25.8. The number of ether oxygens (including phenoxy) is 1. The Kier molecular flexibility index (Phi) is 7.60. The standard InChI is InChI=1S/C27H21Cl2N5O2S/c1-36-22-10-7-17(8-11-22)25-19(16-34(33-25)21-5-3-2-4-6-21)15-30-32-27-31-26(35)24(37-27)14-18-13-20(28)9-12-23(18)29/h2-13,15-16,24H,14H2,1H3,(H,31,32,35). The van der Waals surface area contributed by atoms with Gasteiger partial charge in [-0.1, -0.05) is 53.2 Å². The number of carbonyl (C=O) groups is 1. The van der Waals surface area contributed by atoms with Gasteiger partial charge in [-0.05, 0) is 66.6 Å². The number of hydrogen-bond donors (Lipinski definition) is 1. The van der Waals surface area contributed by atoms with Gasteiger partial charge in [0.15, 0.2) is 5.17 Å². The number of hydrogen-bond acceptors (Lipinski definition) is 6. The van der Waals surface area contributed by atoms with E-state index in [1.54, 1.807) is 36.2 Å². The number of benzene rings is 3. The molecule has 1 saturated heterocycles. The highest BCUT2D eigenvalue weighted by Crippen LogP contribution is 2.29. The predicted octanol–water partition coefficient (Wildman–Crippen LogP) is 6.02. The predicted molar refractivity (Wildman–Crippen MR) is 150 cm³/mol. The van der Waals surface area contributed by atoms with Gasteiger partial charge in [0.05, 0.1) is 24.3 Å². The Morgan fingerprint density at radius 1 is 1.11 bits per heavy atom. The van der Waals surface area contributed by atoms with E-state index in [0.29, 0.717) is 21.6 Å². The van der Waals surface area contributed by atoms with Gasteiger partial charge in [0.25, 0.3) is 0 Å². The van der Waals surface area contributed by atoms with Crippen LogP contribution in [0.4, 0.5) is 0 Å². The Labute approximate surface area is 228 Å². The van der Waals surface area contributed by atoms with E-state index in [4.69, 9.17) is 33.0 Å². The minimum Gasteiger partial charge on any atom is -0.497 e. The fourth-order valence-electron chi connectivity index (χ4n) is 3.80. The first-order valence-electron chi connectivity index (χ1n) is 11.3. The van der Waals surface area contributed by atoms with Crippen molar-refractivity contribution in [2.45, 2.75) is 11.7 Å². The molecule has 5 rings (SSSR count). The van der Waals surface area contributed by atoms with Crippen LogP contribution < -0.4 is 10.1 Å². The molecule has 0 saturated carbocycles. The fourth-order valence-corrected chi connectivity index (χ4v) is 5.14. The van der Waals surface area contributed by atoms with Crippen LogP contribution in [0, 0.1) is 0 Å². The van der Waals surface area contributed by atoms with Crippen molar-refractivity contribution in [3.63, 3.8) is 0 Å². The highest BCUT2D eigenvalue weighted by Gasteiger charge is 2.31. The van der Waals surface area contributed by atoms with Crippen LogP contribution in [0.3, 0.4) is 0 Å². The molecule has 1 atom stereocenters. The molecule has 1 unspecified atom stereocenters. The molecule has 1 N–H and O–H groups in total. The van der Waals surface area contributed by atoms with E-state index in [9.17, 15) is 4.79 Å². The normalized spacial score (nSPS) is 16.5. The van der Waals surface area contributed by atoms with Crippen molar-refractivity contribution in [2.75, 3.05) is 7.11 Å². The van der Waals surface area contributed by atoms with Gasteiger partial charge < -0.3 is 10.1 Å². The summed E-state index contributed by atoms with van der Waals surface area (Å²) < 4.78 is 7.07. The zero-order valence-electron chi connectivity index (χ0n) is 19.6. The van der Waals surface area contributed by atoms with Gasteiger partial charge >= 0.3 is 0 Å². The summed E-state index contributed by atoms with van der Waals surface area (Å²) in [5.41, 5.74) is 4.15. The summed E-state index contributed by atoms with van der Waals surface area (Å²) in [5, 5.41) is 17.3. The van der Waals surface area contributed by atoms with Crippen molar-refractivity contribution in [3.8, 4) is 22.7 Å². The molecule has 1 amide bonds. The monoisotopic (exact) mass is 549 g/mol. The van der Waals surface area contributed by atoms with E-state index < -0.39 is 0 Å². The molecule has 1 aliphatic rings. The summed E-state index contributed by atoms with van der Waals surface area (Å²) in [5.74, 6) is 0.612. The smallest absolute Gasteiger partial charge is 0.239 e. The molecule has 1 aromatic heterocycles. The second-order valence-electron chi connectivity index (χ2n) is 8.13. The zero-order valence-corrected chi connectivity index (χ0v) is 22.0. The molecule has 10 heteroatoms. The minimum atomic E-state index is -0.374. The van der Waals surface area contributed by atoms with E-state index >= 15 is 0 Å². The molecule has 1 aliphatic heterocycles. The molecular weight excluding hydrogens is 529 g/mol. The number of halogens is 2. The van der Waals surface area contributed by atoms with E-state index in [2.05, 4.69) is 15.5 Å². The van der Waals surface area contributed by atoms with Crippen molar-refractivity contribution in [3.05, 3.63) is 100 Å². The first-order valence-corrected chi connectivity index (χ1v) is 13.0. The summed E-state index contributed by atoms with van der Waals surface area (Å²) in [6.07, 6.45) is 3.96. The number of thioether (sulfide) groups is 1. The van der Waals surface area contributed by atoms with Crippen LogP contribution in [-0.4, -0.2) is 39.4 Å². The SMILES string of the molecule is COc1ccc(-c2nn(-c3ccccc3)cc2C=NN=C2NC(=O)C(Cc3cc(Cl)ccc3Cl)S2)cc1. The molecule has 37 heavy (non-hydrogen) atoms. The van der Waals surface area contributed by atoms with Crippen LogP contribution in [0.25, 0.3) is 16.9 Å². The molecule has 7 nitrogen and oxygen atoms in total. The van der Waals surface area contributed by atoms with Crippen LogP contribution >= 0.6 is 35.0 Å². The highest BCUT2D eigenvalue weighted by atomic mass is 35.5. The number of para-hydroxylation sites is 1. The summed E-state index contributed by atoms with van der Waals surface area (Å²) in [4.78, 5) is 12.5. The number of rotatable bonds is 7. The number of amides is 1. The molecule has 0 spiro atoms. The molecule has 0 bridgehead atoms. The highest BCUT2D eigenvalue weighted by molar-refractivity contribution is 8.15. The summed E-state index contributed by atoms with van der Waals surface area (Å²) in [7, 11) is 1.63. The largest absolute Gasteiger partial charge is 0.497 e. The molecule has 1 fully saturated rings. The lowest BCUT2D eigenvalue weighted by molar-refractivity contribution is -0.118. The lowest BCUT2D eigenvalue weighted by atomic mass is 10.1. The second kappa shape index (κ2) is 11.2. The maximum absolute atomic E-state index is 12.5. The van der Waals surface area contributed by atoms with Gasteiger partial charge in [0, 0.05) is 27.4 Å². The van der Waals surface area contributed by atoms with Gasteiger partial charge in [0.1, 0.15) is 11.4 Å². The van der Waals surface area contributed by atoms with Gasteiger partial charge in [0.2, 0.25) is 5.91 Å². The number of methoxy groups -OCH3 is 1. The lowest BCUT2D eigenvalue weighted by Gasteiger charge is -2.07. The topological polar surface area (TPSA) is 80.9 Å². The van der Waals surface area contributed by atoms with Crippen LogP contribution in [0.1, 0.15) is 11.1 Å². The summed E-state index contributed by atoms with van der Waals surface area (Å²) in [6.45, 7) is 0. The molecule has 0 radical (unpaired) electrons. The number of amidine groups is 1. The average Bonchev–Trinajstić information content (AvgIpc) is 3.50. The Bertz CT molecular complexity index is 1490. The average molecular weight is 550 g/mol. The van der Waals surface area contributed by atoms with Gasteiger partial charge in [-0.15, -0.1) is 5.10 Å². The summed E-state index contributed by atoms with van der Waals surface area (Å²) in [6, 6.07) is 22.7. The van der Waals surface area contributed by atoms with Crippen molar-refractivity contribution in [1.82, 2.24) is 15.1 Å². The van der Waals surface area contributed by atoms with E-state index in [1.807, 2.05) is 60.8 Å². The van der Waals surface area contributed by atoms with Crippen molar-refractivity contribution in [1.29, 1.82) is 0 Å². The lowest BCUT2D eigenvalue weighted by Crippen LogP contribution is -2.26. The van der Waals surface area contributed by atoms with Gasteiger partial charge in [-0.2, -0.15) is 10.2 Å². The van der Waals surface area contributed by atoms with Crippen LogP contribution in [0.15, 0.2) is 89.2 Å². The molecule has 3 aromatic carbocycles. The van der Waals surface area contributed by atoms with E-state index in [1.165, 1.54) is 11.8 Å². The minimum absolute atomic E-state index is 0.147. The maximum atomic E-state index is 12.5. The maximum Gasteiger partial charge on any atom is 0.239 e. The van der Waals surface area contributed by atoms with Crippen LogP contribution in [0.5, 0.6) is 5.75 Å². The Morgan fingerprint density at radius 2 is 1.89 bits per heavy atom. The Morgan fingerprint density at radius 3 is 2.65 bits per heavy atom. The second-order valence-corrected chi connectivity index (χ2v) is 10.2. The van der Waals surface area contributed by atoms with Gasteiger partial charge in [-0.25, -0.2) is 4.68 Å². The first-order chi connectivity index (χ1) is 18.0. The van der Waals surface area contributed by atoms with Gasteiger partial charge in [-0.3, -0.25) is 4.79 Å². The number of aromatic nitrogens is 2.